The van der Waals surface area contributed by atoms with Gasteiger partial charge in [0.25, 0.3) is 0 Å². The first-order valence-electron chi connectivity index (χ1n) is 20.7. The van der Waals surface area contributed by atoms with Crippen LogP contribution in [0.5, 0.6) is 0 Å². The highest BCUT2D eigenvalue weighted by molar-refractivity contribution is 5.89. The quantitative estimate of drug-likeness (QED) is 0.0754. The van der Waals surface area contributed by atoms with Gasteiger partial charge in [-0.1, -0.05) is 109 Å². The summed E-state index contributed by atoms with van der Waals surface area (Å²) >= 11 is 0. The van der Waals surface area contributed by atoms with Crippen molar-refractivity contribution in [1.82, 2.24) is 0 Å². The van der Waals surface area contributed by atoms with Gasteiger partial charge in [0.2, 0.25) is 0 Å². The molecular formula is C48H54O15. The van der Waals surface area contributed by atoms with E-state index in [1.54, 1.807) is 54.6 Å². The van der Waals surface area contributed by atoms with Crippen molar-refractivity contribution < 1.29 is 71.3 Å². The lowest BCUT2D eigenvalue weighted by atomic mass is 9.95. The van der Waals surface area contributed by atoms with E-state index in [0.717, 1.165) is 11.1 Å². The summed E-state index contributed by atoms with van der Waals surface area (Å²) in [4.78, 5) is 53.2. The molecule has 10 atom stereocenters. The summed E-state index contributed by atoms with van der Waals surface area (Å²) in [5, 5.41) is 0. The summed E-state index contributed by atoms with van der Waals surface area (Å²) in [5.74, 6) is -2.79. The van der Waals surface area contributed by atoms with E-state index in [0.29, 0.717) is 5.56 Å². The first-order valence-corrected chi connectivity index (χ1v) is 20.7. The van der Waals surface area contributed by atoms with Gasteiger partial charge in [-0.05, 0) is 35.7 Å². The summed E-state index contributed by atoms with van der Waals surface area (Å²) < 4.78 is 68.1. The summed E-state index contributed by atoms with van der Waals surface area (Å²) in [6.07, 6.45) is -13.0. The van der Waals surface area contributed by atoms with E-state index in [4.69, 9.17) is 52.1 Å². The standard InChI is InChI=1S/C48H54O15/c1-31(49)25-26-37(50)60-41-40(54-3)44(61-45(51)35-23-15-8-16-24-35)48(63-42(41)46(52)58-29-34-21-13-7-14-22-34)62-38-36(30-56-27-32-17-9-5-10-18-32)59-47(55-4)43(39(38)53-2)57-28-33-19-11-6-12-20-33/h5-24,36,38-44,47-48H,25-30H2,1-4H3/t36-,38-,39+,40+,41+,42-,43-,44-,47+,48-/m1/s1. The second-order valence-electron chi connectivity index (χ2n) is 15.0. The molecule has 0 N–H and O–H groups in total. The lowest BCUT2D eigenvalue weighted by Crippen LogP contribution is -2.67. The number of carbonyl (C=O) groups is 4. The van der Waals surface area contributed by atoms with Gasteiger partial charge in [-0.3, -0.25) is 4.79 Å². The Labute approximate surface area is 366 Å². The van der Waals surface area contributed by atoms with Crippen LogP contribution < -0.4 is 0 Å². The minimum atomic E-state index is -1.69. The van der Waals surface area contributed by atoms with Crippen LogP contribution in [0.15, 0.2) is 121 Å². The first kappa shape index (κ1) is 47.1. The predicted molar refractivity (Wildman–Crippen MR) is 224 cm³/mol. The second kappa shape index (κ2) is 23.9. The van der Waals surface area contributed by atoms with Crippen LogP contribution in [-0.2, 0) is 86.3 Å². The maximum Gasteiger partial charge on any atom is 0.339 e. The van der Waals surface area contributed by atoms with E-state index in [9.17, 15) is 19.2 Å². The molecule has 0 amide bonds. The van der Waals surface area contributed by atoms with Gasteiger partial charge in [0.15, 0.2) is 30.9 Å². The van der Waals surface area contributed by atoms with Crippen LogP contribution in [0.3, 0.4) is 0 Å². The molecule has 2 aliphatic rings. The molecule has 15 heteroatoms. The molecule has 15 nitrogen and oxygen atoms in total. The van der Waals surface area contributed by atoms with Gasteiger partial charge < -0.3 is 56.9 Å². The number of rotatable bonds is 21. The molecule has 2 heterocycles. The summed E-state index contributed by atoms with van der Waals surface area (Å²) in [6.45, 7) is 1.53. The van der Waals surface area contributed by atoms with Gasteiger partial charge >= 0.3 is 17.9 Å². The molecule has 4 aromatic rings. The lowest BCUT2D eigenvalue weighted by molar-refractivity contribution is -0.361. The maximum atomic E-state index is 14.2. The second-order valence-corrected chi connectivity index (χ2v) is 15.0. The van der Waals surface area contributed by atoms with Crippen LogP contribution in [0.4, 0.5) is 0 Å². The average molecular weight is 871 g/mol. The minimum Gasteiger partial charge on any atom is -0.459 e. The topological polar surface area (TPSA) is 170 Å². The molecule has 0 aromatic heterocycles. The Hall–Kier alpha value is -5.36. The zero-order valence-corrected chi connectivity index (χ0v) is 35.7. The van der Waals surface area contributed by atoms with E-state index in [1.165, 1.54) is 28.3 Å². The average Bonchev–Trinajstić information content (AvgIpc) is 3.31. The largest absolute Gasteiger partial charge is 0.459 e. The highest BCUT2D eigenvalue weighted by Crippen LogP contribution is 2.36. The van der Waals surface area contributed by atoms with Crippen LogP contribution in [0.25, 0.3) is 0 Å². The van der Waals surface area contributed by atoms with Gasteiger partial charge in [0.05, 0.1) is 31.8 Å². The molecule has 0 aliphatic carbocycles. The fourth-order valence-corrected chi connectivity index (χ4v) is 7.30. The molecule has 336 valence electrons. The zero-order chi connectivity index (χ0) is 44.6. The van der Waals surface area contributed by atoms with Crippen LogP contribution in [0.1, 0.15) is 46.8 Å². The van der Waals surface area contributed by atoms with Crippen molar-refractivity contribution in [1.29, 1.82) is 0 Å². The fraction of sp³-hybridized carbons (Fsp3) is 0.417. The van der Waals surface area contributed by atoms with Crippen molar-refractivity contribution in [2.45, 2.75) is 101 Å². The number of ether oxygens (including phenoxy) is 11. The molecule has 2 fully saturated rings. The summed E-state index contributed by atoms with van der Waals surface area (Å²) in [6, 6.07) is 36.2. The Morgan fingerprint density at radius 3 is 1.67 bits per heavy atom. The van der Waals surface area contributed by atoms with Gasteiger partial charge in [-0.15, -0.1) is 0 Å². The van der Waals surface area contributed by atoms with Crippen molar-refractivity contribution in [3.8, 4) is 0 Å². The molecule has 0 radical (unpaired) electrons. The smallest absolute Gasteiger partial charge is 0.339 e. The zero-order valence-electron chi connectivity index (χ0n) is 35.7. The van der Waals surface area contributed by atoms with E-state index in [-0.39, 0.29) is 50.6 Å². The lowest BCUT2D eigenvalue weighted by Gasteiger charge is -2.48. The van der Waals surface area contributed by atoms with Crippen LogP contribution in [0.2, 0.25) is 0 Å². The van der Waals surface area contributed by atoms with E-state index >= 15 is 0 Å². The number of benzene rings is 4. The van der Waals surface area contributed by atoms with Crippen molar-refractivity contribution >= 4 is 23.7 Å². The van der Waals surface area contributed by atoms with Crippen molar-refractivity contribution in [3.05, 3.63) is 144 Å². The molecule has 0 unspecified atom stereocenters. The molecule has 0 saturated carbocycles. The third-order valence-corrected chi connectivity index (χ3v) is 10.5. The van der Waals surface area contributed by atoms with Crippen molar-refractivity contribution in [2.75, 3.05) is 27.9 Å². The number of methoxy groups -OCH3 is 3. The molecule has 63 heavy (non-hydrogen) atoms. The van der Waals surface area contributed by atoms with E-state index < -0.39 is 79.3 Å². The SMILES string of the molecule is CO[C@H]1O[C@H](COCc2ccccc2)[C@@H](O[C@@H]2O[C@@H](C(=O)OCc3ccccc3)[C@@H](OC(=O)CCC(C)=O)[C@H](OC)[C@H]2OC(=O)c2ccccc2)[C@H](OC)[C@H]1OCc1ccccc1. The van der Waals surface area contributed by atoms with Gasteiger partial charge in [0.1, 0.15) is 42.9 Å². The number of ketones is 1. The number of carbonyl (C=O) groups excluding carboxylic acids is 4. The molecule has 0 spiro atoms. The van der Waals surface area contributed by atoms with Gasteiger partial charge in [-0.25, -0.2) is 9.59 Å². The Bertz CT molecular complexity index is 2020. The normalized spacial score (nSPS) is 25.7. The third-order valence-electron chi connectivity index (χ3n) is 10.5. The van der Waals surface area contributed by atoms with Crippen molar-refractivity contribution in [3.63, 3.8) is 0 Å². The van der Waals surface area contributed by atoms with Gasteiger partial charge in [-0.2, -0.15) is 0 Å². The number of Topliss-reactive ketones (excluding diaryl/α,β-unsaturated/α-hetero) is 1. The molecule has 2 saturated heterocycles. The molecule has 6 rings (SSSR count). The highest BCUT2D eigenvalue weighted by atomic mass is 16.8. The first-order chi connectivity index (χ1) is 30.7. The van der Waals surface area contributed by atoms with E-state index in [2.05, 4.69) is 0 Å². The summed E-state index contributed by atoms with van der Waals surface area (Å²) in [5.41, 5.74) is 2.65. The van der Waals surface area contributed by atoms with Crippen LogP contribution >= 0.6 is 0 Å². The minimum absolute atomic E-state index is 0.0431. The monoisotopic (exact) mass is 870 g/mol. The Balaban J connectivity index is 1.37. The predicted octanol–water partition coefficient (Wildman–Crippen LogP) is 5.55. The Morgan fingerprint density at radius 2 is 1.10 bits per heavy atom. The fourth-order valence-electron chi connectivity index (χ4n) is 7.30. The van der Waals surface area contributed by atoms with Crippen LogP contribution in [-0.4, -0.2) is 113 Å². The Morgan fingerprint density at radius 1 is 0.540 bits per heavy atom. The van der Waals surface area contributed by atoms with Crippen molar-refractivity contribution in [2.24, 2.45) is 0 Å². The van der Waals surface area contributed by atoms with E-state index in [1.807, 2.05) is 66.7 Å². The van der Waals surface area contributed by atoms with Gasteiger partial charge in [0, 0.05) is 27.8 Å². The summed E-state index contributed by atoms with van der Waals surface area (Å²) in [7, 11) is 4.26. The molecule has 2 aliphatic heterocycles. The molecule has 4 aromatic carbocycles. The third kappa shape index (κ3) is 13.1. The maximum absolute atomic E-state index is 14.2. The van der Waals surface area contributed by atoms with Crippen LogP contribution in [0, 0.1) is 0 Å². The number of hydrogen-bond acceptors (Lipinski definition) is 15. The number of hydrogen-bond donors (Lipinski definition) is 0. The Kier molecular flexibility index (Phi) is 17.9. The number of esters is 3. The molecular weight excluding hydrogens is 817 g/mol. The highest BCUT2D eigenvalue weighted by Gasteiger charge is 2.57. The molecule has 0 bridgehead atoms.